The van der Waals surface area contributed by atoms with Gasteiger partial charge in [0.25, 0.3) is 0 Å². The summed E-state index contributed by atoms with van der Waals surface area (Å²) in [5, 5.41) is 16.3. The summed E-state index contributed by atoms with van der Waals surface area (Å²) in [4.78, 5) is 11.3. The van der Waals surface area contributed by atoms with E-state index >= 15 is 0 Å². The van der Waals surface area contributed by atoms with Crippen LogP contribution in [0.1, 0.15) is 46.0 Å². The Bertz CT molecular complexity index is 227. The van der Waals surface area contributed by atoms with Crippen molar-refractivity contribution in [2.45, 2.75) is 57.6 Å². The molecule has 0 bridgehead atoms. The first kappa shape index (κ1) is 13.5. The lowest BCUT2D eigenvalue weighted by Crippen LogP contribution is -2.44. The van der Waals surface area contributed by atoms with E-state index in [1.54, 1.807) is 0 Å². The number of carbonyl (C=O) groups is 1. The Hall–Kier alpha value is -0.610. The summed E-state index contributed by atoms with van der Waals surface area (Å²) >= 11 is 0. The highest BCUT2D eigenvalue weighted by atomic mass is 16.3. The fourth-order valence-corrected chi connectivity index (χ4v) is 1.98. The van der Waals surface area contributed by atoms with Crippen LogP contribution in [-0.4, -0.2) is 35.7 Å². The lowest BCUT2D eigenvalue weighted by atomic mass is 9.96. The smallest absolute Gasteiger partial charge is 0.221 e. The summed E-state index contributed by atoms with van der Waals surface area (Å²) in [7, 11) is 0. The van der Waals surface area contributed by atoms with Crippen molar-refractivity contribution in [3.05, 3.63) is 0 Å². The van der Waals surface area contributed by atoms with E-state index in [9.17, 15) is 9.90 Å². The standard InChI is InChI=1S/C12H24N2O2/c1-3-12(16,4-2)9-14-10-6-5-7-13-11(15)8-10/h10,14,16H,3-9H2,1-2H3,(H,13,15). The molecule has 1 amide bonds. The molecule has 0 saturated carbocycles. The highest BCUT2D eigenvalue weighted by Crippen LogP contribution is 2.14. The molecule has 1 aliphatic rings. The van der Waals surface area contributed by atoms with E-state index in [1.165, 1.54) is 0 Å². The molecule has 94 valence electrons. The maximum Gasteiger partial charge on any atom is 0.221 e. The topological polar surface area (TPSA) is 61.4 Å². The Morgan fingerprint density at radius 1 is 1.50 bits per heavy atom. The summed E-state index contributed by atoms with van der Waals surface area (Å²) in [6.45, 7) is 5.34. The lowest BCUT2D eigenvalue weighted by molar-refractivity contribution is -0.121. The molecule has 1 rings (SSSR count). The maximum atomic E-state index is 11.3. The Morgan fingerprint density at radius 3 is 2.81 bits per heavy atom. The quantitative estimate of drug-likeness (QED) is 0.652. The second kappa shape index (κ2) is 6.21. The molecule has 0 aromatic carbocycles. The number of amides is 1. The molecule has 1 aliphatic heterocycles. The normalized spacial score (nSPS) is 22.7. The molecule has 16 heavy (non-hydrogen) atoms. The van der Waals surface area contributed by atoms with Gasteiger partial charge in [0, 0.05) is 25.6 Å². The second-order valence-corrected chi connectivity index (χ2v) is 4.71. The van der Waals surface area contributed by atoms with Gasteiger partial charge in [0.15, 0.2) is 0 Å². The number of hydrogen-bond acceptors (Lipinski definition) is 3. The third-order valence-corrected chi connectivity index (χ3v) is 3.52. The highest BCUT2D eigenvalue weighted by molar-refractivity contribution is 5.76. The first-order chi connectivity index (χ1) is 7.59. The van der Waals surface area contributed by atoms with E-state index in [0.717, 1.165) is 32.2 Å². The Labute approximate surface area is 97.8 Å². The molecule has 0 spiro atoms. The molecule has 0 aromatic heterocycles. The molecular formula is C12H24N2O2. The Balaban J connectivity index is 2.38. The van der Waals surface area contributed by atoms with Crippen molar-refractivity contribution in [2.75, 3.05) is 13.1 Å². The average molecular weight is 228 g/mol. The van der Waals surface area contributed by atoms with Crippen LogP contribution in [0, 0.1) is 0 Å². The summed E-state index contributed by atoms with van der Waals surface area (Å²) in [5.41, 5.74) is -0.622. The third-order valence-electron chi connectivity index (χ3n) is 3.52. The molecule has 0 aromatic rings. The van der Waals surface area contributed by atoms with E-state index in [0.29, 0.717) is 13.0 Å². The van der Waals surface area contributed by atoms with Gasteiger partial charge < -0.3 is 15.7 Å². The molecule has 1 unspecified atom stereocenters. The minimum Gasteiger partial charge on any atom is -0.389 e. The molecule has 1 atom stereocenters. The molecule has 4 nitrogen and oxygen atoms in total. The van der Waals surface area contributed by atoms with Crippen LogP contribution in [0.15, 0.2) is 0 Å². The second-order valence-electron chi connectivity index (χ2n) is 4.71. The van der Waals surface area contributed by atoms with E-state index in [-0.39, 0.29) is 11.9 Å². The largest absolute Gasteiger partial charge is 0.389 e. The van der Waals surface area contributed by atoms with Crippen molar-refractivity contribution in [3.63, 3.8) is 0 Å². The van der Waals surface area contributed by atoms with E-state index in [1.807, 2.05) is 13.8 Å². The molecular weight excluding hydrogens is 204 g/mol. The van der Waals surface area contributed by atoms with Gasteiger partial charge in [-0.1, -0.05) is 13.8 Å². The van der Waals surface area contributed by atoms with Crippen LogP contribution >= 0.6 is 0 Å². The van der Waals surface area contributed by atoms with Crippen molar-refractivity contribution < 1.29 is 9.90 Å². The zero-order chi connectivity index (χ0) is 12.0. The van der Waals surface area contributed by atoms with E-state index < -0.39 is 5.60 Å². The fraction of sp³-hybridized carbons (Fsp3) is 0.917. The third kappa shape index (κ3) is 4.10. The molecule has 4 heteroatoms. The first-order valence-corrected chi connectivity index (χ1v) is 6.32. The van der Waals surface area contributed by atoms with Crippen molar-refractivity contribution in [3.8, 4) is 0 Å². The molecule has 1 saturated heterocycles. The summed E-state index contributed by atoms with van der Waals surface area (Å²) in [6.07, 6.45) is 4.04. The Morgan fingerprint density at radius 2 is 2.19 bits per heavy atom. The lowest BCUT2D eigenvalue weighted by Gasteiger charge is -2.28. The van der Waals surface area contributed by atoms with Crippen molar-refractivity contribution >= 4 is 5.91 Å². The van der Waals surface area contributed by atoms with Gasteiger partial charge in [-0.2, -0.15) is 0 Å². The first-order valence-electron chi connectivity index (χ1n) is 6.32. The molecule has 3 N–H and O–H groups in total. The van der Waals surface area contributed by atoms with Crippen LogP contribution in [0.3, 0.4) is 0 Å². The van der Waals surface area contributed by atoms with Crippen LogP contribution in [0.2, 0.25) is 0 Å². The average Bonchev–Trinajstić information content (AvgIpc) is 2.50. The van der Waals surface area contributed by atoms with Gasteiger partial charge in [0.05, 0.1) is 5.60 Å². The summed E-state index contributed by atoms with van der Waals surface area (Å²) in [6, 6.07) is 0.215. The number of carbonyl (C=O) groups excluding carboxylic acids is 1. The summed E-state index contributed by atoms with van der Waals surface area (Å²) in [5.74, 6) is 0.117. The minimum absolute atomic E-state index is 0.117. The van der Waals surface area contributed by atoms with E-state index in [4.69, 9.17) is 0 Å². The predicted molar refractivity (Wildman–Crippen MR) is 64.2 cm³/mol. The van der Waals surface area contributed by atoms with Crippen LogP contribution < -0.4 is 10.6 Å². The number of nitrogens with one attached hydrogen (secondary N) is 2. The zero-order valence-electron chi connectivity index (χ0n) is 10.4. The number of rotatable bonds is 5. The van der Waals surface area contributed by atoms with Crippen LogP contribution in [0.4, 0.5) is 0 Å². The highest BCUT2D eigenvalue weighted by Gasteiger charge is 2.24. The zero-order valence-corrected chi connectivity index (χ0v) is 10.4. The van der Waals surface area contributed by atoms with Crippen LogP contribution in [-0.2, 0) is 4.79 Å². The number of aliphatic hydroxyl groups is 1. The van der Waals surface area contributed by atoms with Gasteiger partial charge >= 0.3 is 0 Å². The minimum atomic E-state index is -0.622. The van der Waals surface area contributed by atoms with Gasteiger partial charge in [-0.3, -0.25) is 4.79 Å². The monoisotopic (exact) mass is 228 g/mol. The van der Waals surface area contributed by atoms with Gasteiger partial charge in [-0.15, -0.1) is 0 Å². The molecule has 0 aliphatic carbocycles. The number of hydrogen-bond donors (Lipinski definition) is 3. The van der Waals surface area contributed by atoms with Gasteiger partial charge in [0.1, 0.15) is 0 Å². The SMILES string of the molecule is CCC(O)(CC)CNC1CCCNC(=O)C1. The van der Waals surface area contributed by atoms with Crippen molar-refractivity contribution in [1.82, 2.24) is 10.6 Å². The van der Waals surface area contributed by atoms with Gasteiger partial charge in [-0.05, 0) is 25.7 Å². The van der Waals surface area contributed by atoms with Gasteiger partial charge in [0.2, 0.25) is 5.91 Å². The molecule has 0 radical (unpaired) electrons. The summed E-state index contributed by atoms with van der Waals surface area (Å²) < 4.78 is 0. The van der Waals surface area contributed by atoms with Gasteiger partial charge in [-0.25, -0.2) is 0 Å². The van der Waals surface area contributed by atoms with Crippen LogP contribution in [0.5, 0.6) is 0 Å². The van der Waals surface area contributed by atoms with Crippen molar-refractivity contribution in [2.24, 2.45) is 0 Å². The Kier molecular flexibility index (Phi) is 5.22. The maximum absolute atomic E-state index is 11.3. The molecule has 1 fully saturated rings. The molecule has 1 heterocycles. The fourth-order valence-electron chi connectivity index (χ4n) is 1.98. The predicted octanol–water partition coefficient (Wildman–Crippen LogP) is 0.796. The van der Waals surface area contributed by atoms with E-state index in [2.05, 4.69) is 10.6 Å². The van der Waals surface area contributed by atoms with Crippen molar-refractivity contribution in [1.29, 1.82) is 0 Å². The van der Waals surface area contributed by atoms with Crippen LogP contribution in [0.25, 0.3) is 0 Å².